The van der Waals surface area contributed by atoms with Crippen LogP contribution in [0.5, 0.6) is 11.5 Å². The fourth-order valence-electron chi connectivity index (χ4n) is 2.76. The number of amides is 1. The third kappa shape index (κ3) is 4.18. The zero-order chi connectivity index (χ0) is 19.6. The Bertz CT molecular complexity index is 978. The molecule has 3 rings (SSSR count). The summed E-state index contributed by atoms with van der Waals surface area (Å²) in [5.41, 5.74) is 1.22. The fourth-order valence-corrected chi connectivity index (χ4v) is 4.11. The van der Waals surface area contributed by atoms with Crippen molar-refractivity contribution in [1.29, 1.82) is 0 Å². The molecule has 0 spiro atoms. The fraction of sp³-hybridized carbons (Fsp3) is 0.278. The zero-order valence-corrected chi connectivity index (χ0v) is 16.4. The number of methoxy groups -OCH3 is 1. The van der Waals surface area contributed by atoms with E-state index in [1.807, 2.05) is 0 Å². The van der Waals surface area contributed by atoms with Gasteiger partial charge in [-0.15, -0.1) is 0 Å². The van der Waals surface area contributed by atoms with E-state index < -0.39 is 15.9 Å². The number of rotatable bonds is 6. The Hall–Kier alpha value is -2.29. The summed E-state index contributed by atoms with van der Waals surface area (Å²) in [5.74, 6) is 0.616. The summed E-state index contributed by atoms with van der Waals surface area (Å²) < 4.78 is 37.1. The van der Waals surface area contributed by atoms with Crippen LogP contribution in [0, 0.1) is 0 Å². The largest absolute Gasteiger partial charge is 0.495 e. The van der Waals surface area contributed by atoms with Gasteiger partial charge in [-0.3, -0.25) is 4.79 Å². The maximum atomic E-state index is 12.8. The number of carbonyl (C=O) groups is 1. The standard InChI is InChI=1S/C18H19ClN2O5S/c1-21(11-18(22)20-15-10-13(19)3-5-17(15)25-2)27(23,24)14-4-6-16-12(9-14)7-8-26-16/h3-6,9-10H,7-8,11H2,1-2H3,(H,20,22). The van der Waals surface area contributed by atoms with Gasteiger partial charge in [-0.2, -0.15) is 4.31 Å². The Kier molecular flexibility index (Phi) is 5.59. The van der Waals surface area contributed by atoms with Gasteiger partial charge in [-0.25, -0.2) is 8.42 Å². The molecule has 0 saturated heterocycles. The van der Waals surface area contributed by atoms with Gasteiger partial charge in [0, 0.05) is 18.5 Å². The highest BCUT2D eigenvalue weighted by atomic mass is 35.5. The van der Waals surface area contributed by atoms with Gasteiger partial charge < -0.3 is 14.8 Å². The average molecular weight is 411 g/mol. The summed E-state index contributed by atoms with van der Waals surface area (Å²) >= 11 is 5.94. The van der Waals surface area contributed by atoms with E-state index in [-0.39, 0.29) is 11.4 Å². The lowest BCUT2D eigenvalue weighted by Crippen LogP contribution is -2.35. The average Bonchev–Trinajstić information content (AvgIpc) is 3.09. The second-order valence-electron chi connectivity index (χ2n) is 6.02. The number of nitrogens with zero attached hydrogens (tertiary/aromatic N) is 1. The quantitative estimate of drug-likeness (QED) is 0.791. The molecule has 1 heterocycles. The number of halogens is 1. The van der Waals surface area contributed by atoms with Crippen LogP contribution in [0.15, 0.2) is 41.3 Å². The summed E-state index contributed by atoms with van der Waals surface area (Å²) in [7, 11) is -0.992. The molecule has 27 heavy (non-hydrogen) atoms. The van der Waals surface area contributed by atoms with Gasteiger partial charge >= 0.3 is 0 Å². The lowest BCUT2D eigenvalue weighted by atomic mass is 10.2. The van der Waals surface area contributed by atoms with Crippen LogP contribution in [-0.4, -0.2) is 45.9 Å². The molecule has 9 heteroatoms. The summed E-state index contributed by atoms with van der Waals surface area (Å²) in [4.78, 5) is 12.5. The minimum atomic E-state index is -3.81. The molecule has 0 bridgehead atoms. The molecule has 0 radical (unpaired) electrons. The zero-order valence-electron chi connectivity index (χ0n) is 14.9. The van der Waals surface area contributed by atoms with Crippen molar-refractivity contribution in [2.45, 2.75) is 11.3 Å². The first-order chi connectivity index (χ1) is 12.8. The molecule has 0 saturated carbocycles. The molecular weight excluding hydrogens is 392 g/mol. The second kappa shape index (κ2) is 7.75. The molecule has 1 aliphatic heterocycles. The molecule has 1 N–H and O–H groups in total. The van der Waals surface area contributed by atoms with Crippen molar-refractivity contribution < 1.29 is 22.7 Å². The van der Waals surface area contributed by atoms with Gasteiger partial charge in [-0.1, -0.05) is 11.6 Å². The Balaban J connectivity index is 1.73. The van der Waals surface area contributed by atoms with Crippen molar-refractivity contribution in [2.24, 2.45) is 0 Å². The first-order valence-electron chi connectivity index (χ1n) is 8.16. The molecule has 7 nitrogen and oxygen atoms in total. The SMILES string of the molecule is COc1ccc(Cl)cc1NC(=O)CN(C)S(=O)(=O)c1ccc2c(c1)CCO2. The minimum absolute atomic E-state index is 0.127. The van der Waals surface area contributed by atoms with Crippen molar-refractivity contribution in [2.75, 3.05) is 32.6 Å². The smallest absolute Gasteiger partial charge is 0.243 e. The number of fused-ring (bicyclic) bond motifs is 1. The number of carbonyl (C=O) groups excluding carboxylic acids is 1. The number of ether oxygens (including phenoxy) is 2. The molecule has 0 atom stereocenters. The molecule has 0 unspecified atom stereocenters. The van der Waals surface area contributed by atoms with Crippen LogP contribution in [0.4, 0.5) is 5.69 Å². The molecule has 1 amide bonds. The molecule has 0 aromatic heterocycles. The predicted molar refractivity (Wildman–Crippen MR) is 102 cm³/mol. The van der Waals surface area contributed by atoms with E-state index in [4.69, 9.17) is 21.1 Å². The minimum Gasteiger partial charge on any atom is -0.495 e. The van der Waals surface area contributed by atoms with Crippen LogP contribution >= 0.6 is 11.6 Å². The second-order valence-corrected chi connectivity index (χ2v) is 8.50. The van der Waals surface area contributed by atoms with E-state index in [0.717, 1.165) is 9.87 Å². The van der Waals surface area contributed by atoms with E-state index in [1.165, 1.54) is 26.3 Å². The van der Waals surface area contributed by atoms with E-state index in [1.54, 1.807) is 24.3 Å². The van der Waals surface area contributed by atoms with E-state index in [2.05, 4.69) is 5.32 Å². The Labute approximate surface area is 162 Å². The maximum Gasteiger partial charge on any atom is 0.243 e. The topological polar surface area (TPSA) is 84.9 Å². The monoisotopic (exact) mass is 410 g/mol. The lowest BCUT2D eigenvalue weighted by Gasteiger charge is -2.18. The van der Waals surface area contributed by atoms with E-state index in [0.29, 0.717) is 35.2 Å². The molecule has 0 aliphatic carbocycles. The third-order valence-corrected chi connectivity index (χ3v) is 6.21. The first-order valence-corrected chi connectivity index (χ1v) is 9.98. The number of sulfonamides is 1. The number of hydrogen-bond acceptors (Lipinski definition) is 5. The summed E-state index contributed by atoms with van der Waals surface area (Å²) in [6.45, 7) is 0.185. The van der Waals surface area contributed by atoms with Gasteiger partial charge in [0.1, 0.15) is 11.5 Å². The maximum absolute atomic E-state index is 12.8. The van der Waals surface area contributed by atoms with E-state index >= 15 is 0 Å². The number of nitrogens with one attached hydrogen (secondary N) is 1. The van der Waals surface area contributed by atoms with Gasteiger partial charge in [0.05, 0.1) is 30.8 Å². The lowest BCUT2D eigenvalue weighted by molar-refractivity contribution is -0.116. The molecule has 0 fully saturated rings. The summed E-state index contributed by atoms with van der Waals surface area (Å²) in [6, 6.07) is 9.49. The van der Waals surface area contributed by atoms with Crippen LogP contribution in [-0.2, 0) is 21.2 Å². The van der Waals surface area contributed by atoms with Crippen LogP contribution in [0.2, 0.25) is 5.02 Å². The number of hydrogen-bond donors (Lipinski definition) is 1. The normalized spacial score (nSPS) is 13.2. The molecule has 1 aliphatic rings. The molecule has 2 aromatic rings. The summed E-state index contributed by atoms with van der Waals surface area (Å²) in [6.07, 6.45) is 0.664. The Morgan fingerprint density at radius 1 is 1.30 bits per heavy atom. The number of likely N-dealkylation sites (N-methyl/N-ethyl adjacent to an activating group) is 1. The van der Waals surface area contributed by atoms with Crippen molar-refractivity contribution in [1.82, 2.24) is 4.31 Å². The van der Waals surface area contributed by atoms with Crippen LogP contribution in [0.1, 0.15) is 5.56 Å². The van der Waals surface area contributed by atoms with Crippen molar-refractivity contribution >= 4 is 33.2 Å². The van der Waals surface area contributed by atoms with Crippen LogP contribution in [0.3, 0.4) is 0 Å². The number of anilines is 1. The highest BCUT2D eigenvalue weighted by Gasteiger charge is 2.25. The summed E-state index contributed by atoms with van der Waals surface area (Å²) in [5, 5.41) is 3.05. The molecule has 144 valence electrons. The van der Waals surface area contributed by atoms with Crippen molar-refractivity contribution in [3.8, 4) is 11.5 Å². The molecular formula is C18H19ClN2O5S. The van der Waals surface area contributed by atoms with Crippen molar-refractivity contribution in [3.63, 3.8) is 0 Å². The Morgan fingerprint density at radius 2 is 2.07 bits per heavy atom. The third-order valence-electron chi connectivity index (χ3n) is 4.17. The highest BCUT2D eigenvalue weighted by Crippen LogP contribution is 2.29. The van der Waals surface area contributed by atoms with Crippen LogP contribution < -0.4 is 14.8 Å². The molecule has 2 aromatic carbocycles. The first kappa shape index (κ1) is 19.5. The highest BCUT2D eigenvalue weighted by molar-refractivity contribution is 7.89. The van der Waals surface area contributed by atoms with Crippen LogP contribution in [0.25, 0.3) is 0 Å². The van der Waals surface area contributed by atoms with Gasteiger partial charge in [0.25, 0.3) is 0 Å². The Morgan fingerprint density at radius 3 is 2.81 bits per heavy atom. The predicted octanol–water partition coefficient (Wildman–Crippen LogP) is 2.54. The van der Waals surface area contributed by atoms with E-state index in [9.17, 15) is 13.2 Å². The number of benzene rings is 2. The van der Waals surface area contributed by atoms with Gasteiger partial charge in [0.2, 0.25) is 15.9 Å². The van der Waals surface area contributed by atoms with Gasteiger partial charge in [-0.05, 0) is 42.0 Å². The van der Waals surface area contributed by atoms with Gasteiger partial charge in [0.15, 0.2) is 0 Å². The van der Waals surface area contributed by atoms with Crippen molar-refractivity contribution in [3.05, 3.63) is 47.0 Å².